The van der Waals surface area contributed by atoms with E-state index < -0.39 is 85.0 Å². The number of hydrogen-bond donors (Lipinski definition) is 3. The van der Waals surface area contributed by atoms with E-state index in [9.17, 15) is 25.2 Å². The predicted octanol–water partition coefficient (Wildman–Crippen LogP) is 4.89. The van der Waals surface area contributed by atoms with Gasteiger partial charge in [-0.05, 0) is 49.6 Å². The van der Waals surface area contributed by atoms with E-state index in [0.717, 1.165) is 19.0 Å². The van der Waals surface area contributed by atoms with Gasteiger partial charge in [-0.15, -0.1) is 6.58 Å². The van der Waals surface area contributed by atoms with Crippen molar-refractivity contribution in [2.75, 3.05) is 38.4 Å². The minimum atomic E-state index is -4.18. The number of carbonyl (C=O) groups is 1. The van der Waals surface area contributed by atoms with Gasteiger partial charge in [-0.2, -0.15) is 10.5 Å². The first kappa shape index (κ1) is 47.2. The molecular formula is C38H41F2N11O9P2S2. The molecule has 0 aliphatic carbocycles. The Labute approximate surface area is 373 Å². The van der Waals surface area contributed by atoms with Crippen LogP contribution in [0.1, 0.15) is 49.5 Å². The summed E-state index contributed by atoms with van der Waals surface area (Å²) in [6.45, 7) is -3.80. The van der Waals surface area contributed by atoms with Crippen LogP contribution < -0.4 is 10.9 Å². The molecule has 7 rings (SSSR count). The van der Waals surface area contributed by atoms with Crippen molar-refractivity contribution in [3.8, 4) is 12.1 Å². The molecule has 26 heteroatoms. The lowest BCUT2D eigenvalue weighted by atomic mass is 10.0. The van der Waals surface area contributed by atoms with E-state index in [1.807, 2.05) is 12.1 Å². The normalized spacial score (nSPS) is 27.4. The molecular weight excluding hydrogens is 919 g/mol. The number of fused-ring (bicyclic) bond motifs is 2. The fraction of sp³-hybridized carbons (Fsp3) is 0.447. The van der Waals surface area contributed by atoms with Crippen molar-refractivity contribution in [3.63, 3.8) is 0 Å². The molecule has 2 aliphatic rings. The molecule has 20 nitrogen and oxygen atoms in total. The molecule has 0 radical (unpaired) electrons. The van der Waals surface area contributed by atoms with Gasteiger partial charge < -0.3 is 43.0 Å². The molecule has 1 amide bonds. The van der Waals surface area contributed by atoms with Crippen LogP contribution in [0.15, 0.2) is 73.1 Å². The Kier molecular flexibility index (Phi) is 14.3. The molecule has 2 saturated heterocycles. The standard InChI is InChI=1S/C38H41F2N11O9P2S2/c1-4-14-55-61(63,56-15-8-12-41)38(3)25(60-36(29(38)40)50-21-47-26-30(43-19-44-31(26)50)49-33(53)23-10-6-5-7-11-23)18-58-62(64,57-16-9-13-42)37(2)24(17-52)59-35(28(37)39)51-22-48-27-32(51)45-20-46-34(27)54/h4-7,10-11,19-22,24-25,28-29,35-36,52H,1,8-9,14-18H2,2-3H3,(H,45,46,54)(H,43,44,49,53)/t24?,25?,28-,29-,35?,36?,37-,38-,61?,62?/m0/s1. The number of imidazole rings is 2. The number of nitriles is 2. The summed E-state index contributed by atoms with van der Waals surface area (Å²) >= 11 is 12.2. The fourth-order valence-corrected chi connectivity index (χ4v) is 14.0. The lowest BCUT2D eigenvalue weighted by molar-refractivity contribution is -0.0398. The summed E-state index contributed by atoms with van der Waals surface area (Å²) in [5.41, 5.74) is -0.208. The Balaban J connectivity index is 1.28. The summed E-state index contributed by atoms with van der Waals surface area (Å²) in [5.74, 6) is -0.460. The highest BCUT2D eigenvalue weighted by Crippen LogP contribution is 2.71. The second kappa shape index (κ2) is 19.3. The highest BCUT2D eigenvalue weighted by atomic mass is 32.5. The number of anilines is 1. The monoisotopic (exact) mass is 959 g/mol. The highest BCUT2D eigenvalue weighted by molar-refractivity contribution is 8.11. The van der Waals surface area contributed by atoms with E-state index in [4.69, 9.17) is 51.2 Å². The van der Waals surface area contributed by atoms with Crippen molar-refractivity contribution in [2.24, 2.45) is 0 Å². The number of nitrogens with one attached hydrogen (secondary N) is 2. The minimum absolute atomic E-state index is 0.0169. The molecule has 6 unspecified atom stereocenters. The Bertz CT molecular complexity index is 2770. The molecule has 338 valence electrons. The number of aliphatic hydroxyl groups excluding tert-OH is 1. The zero-order valence-corrected chi connectivity index (χ0v) is 37.5. The third kappa shape index (κ3) is 8.22. The average Bonchev–Trinajstić information content (AvgIpc) is 4.06. The van der Waals surface area contributed by atoms with Gasteiger partial charge in [-0.3, -0.25) is 18.7 Å². The molecule has 6 heterocycles. The molecule has 1 aromatic carbocycles. The number of H-pyrrole nitrogens is 1. The summed E-state index contributed by atoms with van der Waals surface area (Å²) < 4.78 is 75.3. The van der Waals surface area contributed by atoms with E-state index in [0.29, 0.717) is 5.56 Å². The number of amides is 1. The van der Waals surface area contributed by atoms with Gasteiger partial charge >= 0.3 is 0 Å². The van der Waals surface area contributed by atoms with Gasteiger partial charge in [-0.1, -0.05) is 24.3 Å². The second-order valence-corrected chi connectivity index (χ2v) is 22.6. The molecule has 0 spiro atoms. The van der Waals surface area contributed by atoms with Crippen LogP contribution in [0.5, 0.6) is 0 Å². The van der Waals surface area contributed by atoms with Crippen molar-refractivity contribution in [3.05, 3.63) is 84.2 Å². The molecule has 2 fully saturated rings. The maximum Gasteiger partial charge on any atom is 0.278 e. The zero-order valence-electron chi connectivity index (χ0n) is 34.1. The molecule has 3 N–H and O–H groups in total. The van der Waals surface area contributed by atoms with Crippen LogP contribution in [-0.4, -0.2) is 118 Å². The number of carbonyl (C=O) groups excluding carboxylic acids is 1. The Hall–Kier alpha value is -4.81. The molecule has 2 aliphatic heterocycles. The summed E-state index contributed by atoms with van der Waals surface area (Å²) in [5, 5.41) is 28.3. The number of alkyl halides is 2. The maximum atomic E-state index is 17.9. The molecule has 0 bridgehead atoms. The van der Waals surface area contributed by atoms with Gasteiger partial charge in [-0.25, -0.2) is 33.7 Å². The van der Waals surface area contributed by atoms with Crippen molar-refractivity contribution in [2.45, 2.75) is 74.0 Å². The first-order chi connectivity index (χ1) is 30.7. The van der Waals surface area contributed by atoms with Crippen LogP contribution in [0.4, 0.5) is 14.6 Å². The number of ether oxygens (including phenoxy) is 2. The van der Waals surface area contributed by atoms with E-state index >= 15 is 8.78 Å². The van der Waals surface area contributed by atoms with Crippen LogP contribution in [0.2, 0.25) is 0 Å². The van der Waals surface area contributed by atoms with Crippen LogP contribution in [0.3, 0.4) is 0 Å². The molecule has 0 saturated carbocycles. The fourth-order valence-electron chi connectivity index (χ4n) is 7.50. The van der Waals surface area contributed by atoms with Crippen molar-refractivity contribution in [1.29, 1.82) is 10.5 Å². The number of aliphatic hydroxyl groups is 1. The van der Waals surface area contributed by atoms with Crippen LogP contribution in [0.25, 0.3) is 22.3 Å². The lowest BCUT2D eigenvalue weighted by Gasteiger charge is -2.43. The van der Waals surface area contributed by atoms with Gasteiger partial charge in [0.25, 0.3) is 11.5 Å². The number of hydrogen-bond acceptors (Lipinski definition) is 18. The van der Waals surface area contributed by atoms with Gasteiger partial charge in [0, 0.05) is 5.56 Å². The minimum Gasteiger partial charge on any atom is -0.394 e. The number of aromatic amines is 1. The quantitative estimate of drug-likeness (QED) is 0.0565. The summed E-state index contributed by atoms with van der Waals surface area (Å²) in [6.07, 6.45) is -4.45. The van der Waals surface area contributed by atoms with Crippen molar-refractivity contribution >= 4 is 70.6 Å². The smallest absolute Gasteiger partial charge is 0.278 e. The summed E-state index contributed by atoms with van der Waals surface area (Å²) in [6, 6.07) is 12.3. The van der Waals surface area contributed by atoms with E-state index in [2.05, 4.69) is 41.8 Å². The number of rotatable bonds is 19. The predicted molar refractivity (Wildman–Crippen MR) is 232 cm³/mol. The number of halogens is 2. The number of benzene rings is 1. The SMILES string of the molecule is C=CCOP(=S)(OCCC#N)[C@@]1(C)C(COP(=S)(OCCC#N)[C@@]2(C)C(CO)OC(n3cnc4c(=O)[nH]cnc43)[C@@H]2F)OC(n2cnc3c(NC(=O)c4ccccc4)ncnc32)[C@@H]1F. The molecule has 10 atom stereocenters. The third-order valence-electron chi connectivity index (χ3n) is 11.1. The van der Waals surface area contributed by atoms with Crippen LogP contribution in [0, 0.1) is 22.7 Å². The zero-order chi connectivity index (χ0) is 45.9. The molecule has 4 aromatic heterocycles. The summed E-state index contributed by atoms with van der Waals surface area (Å²) in [4.78, 5) is 49.1. The topological polar surface area (TPSA) is 259 Å². The Morgan fingerprint density at radius 2 is 1.50 bits per heavy atom. The van der Waals surface area contributed by atoms with Gasteiger partial charge in [0.15, 0.2) is 52.9 Å². The third-order valence-corrected chi connectivity index (χ3v) is 20.2. The van der Waals surface area contributed by atoms with Crippen LogP contribution in [-0.2, 0) is 51.2 Å². The van der Waals surface area contributed by atoms with E-state index in [1.54, 1.807) is 30.3 Å². The van der Waals surface area contributed by atoms with E-state index in [1.165, 1.54) is 35.4 Å². The molecule has 5 aromatic rings. The van der Waals surface area contributed by atoms with Crippen LogP contribution >= 0.6 is 13.0 Å². The lowest BCUT2D eigenvalue weighted by Crippen LogP contribution is -2.48. The number of aromatic nitrogens is 8. The van der Waals surface area contributed by atoms with Gasteiger partial charge in [0.1, 0.15) is 28.8 Å². The molecule has 64 heavy (non-hydrogen) atoms. The Morgan fingerprint density at radius 3 is 2.11 bits per heavy atom. The Morgan fingerprint density at radius 1 is 0.922 bits per heavy atom. The van der Waals surface area contributed by atoms with Gasteiger partial charge in [0.2, 0.25) is 13.0 Å². The second-order valence-electron chi connectivity index (χ2n) is 14.7. The largest absolute Gasteiger partial charge is 0.394 e. The maximum absolute atomic E-state index is 17.9. The average molecular weight is 960 g/mol. The first-order valence-electron chi connectivity index (χ1n) is 19.5. The summed E-state index contributed by atoms with van der Waals surface area (Å²) in [7, 11) is 0. The van der Waals surface area contributed by atoms with E-state index in [-0.39, 0.29) is 60.8 Å². The number of nitrogens with zero attached hydrogens (tertiary/aromatic N) is 9. The van der Waals surface area contributed by atoms with Gasteiger partial charge in [0.05, 0.1) is 77.0 Å². The van der Waals surface area contributed by atoms with Crippen molar-refractivity contribution < 1.29 is 46.3 Å². The first-order valence-corrected chi connectivity index (χ1v) is 24.8. The highest BCUT2D eigenvalue weighted by Gasteiger charge is 2.67. The van der Waals surface area contributed by atoms with Crippen molar-refractivity contribution in [1.82, 2.24) is 39.0 Å².